The quantitative estimate of drug-likeness (QED) is 0.682. The maximum absolute atomic E-state index is 13.8. The van der Waals surface area contributed by atoms with Crippen LogP contribution in [0.15, 0.2) is 23.1 Å². The van der Waals surface area contributed by atoms with E-state index in [0.29, 0.717) is 24.7 Å². The number of amides is 2. The molecule has 2 aromatic rings. The zero-order valence-corrected chi connectivity index (χ0v) is 19.2. The largest absolute Gasteiger partial charge is 0.495 e. The van der Waals surface area contributed by atoms with Gasteiger partial charge in [-0.2, -0.15) is 4.31 Å². The molecule has 1 atom stereocenters. The Labute approximate surface area is 186 Å². The van der Waals surface area contributed by atoms with E-state index in [1.54, 1.807) is 19.0 Å². The van der Waals surface area contributed by atoms with Crippen LogP contribution < -0.4 is 4.74 Å². The van der Waals surface area contributed by atoms with E-state index in [0.717, 1.165) is 31.4 Å². The average Bonchev–Trinajstić information content (AvgIpc) is 3.21. The van der Waals surface area contributed by atoms with E-state index in [2.05, 4.69) is 10.2 Å². The summed E-state index contributed by atoms with van der Waals surface area (Å²) in [6.07, 6.45) is 2.68. The van der Waals surface area contributed by atoms with Gasteiger partial charge in [-0.15, -0.1) is 10.2 Å². The SMILES string of the molecule is COc1ccc(F)cc1S(=O)(=O)N1CCn2c(nnc2C2CCCCN2C(=O)N(C)C)C1. The molecule has 10 nitrogen and oxygen atoms in total. The lowest BCUT2D eigenvalue weighted by Gasteiger charge is -2.37. The number of aromatic nitrogens is 3. The number of urea groups is 1. The van der Waals surface area contributed by atoms with Crippen molar-refractivity contribution >= 4 is 16.1 Å². The second-order valence-electron chi connectivity index (χ2n) is 8.14. The van der Waals surface area contributed by atoms with Gasteiger partial charge in [0, 0.05) is 33.7 Å². The Bertz CT molecular complexity index is 1120. The Kier molecular flexibility index (Phi) is 6.08. The molecule has 1 saturated heterocycles. The average molecular weight is 467 g/mol. The number of hydrogen-bond donors (Lipinski definition) is 0. The van der Waals surface area contributed by atoms with Crippen molar-refractivity contribution in [3.8, 4) is 5.75 Å². The third-order valence-electron chi connectivity index (χ3n) is 5.92. The normalized spacial score (nSPS) is 19.5. The fourth-order valence-electron chi connectivity index (χ4n) is 4.29. The Morgan fingerprint density at radius 3 is 2.69 bits per heavy atom. The molecule has 2 aliphatic heterocycles. The second kappa shape index (κ2) is 8.66. The number of fused-ring (bicyclic) bond motifs is 1. The van der Waals surface area contributed by atoms with Crippen LogP contribution in [-0.2, 0) is 23.1 Å². The van der Waals surface area contributed by atoms with E-state index in [1.165, 1.54) is 17.5 Å². The third-order valence-corrected chi connectivity index (χ3v) is 7.79. The van der Waals surface area contributed by atoms with E-state index in [-0.39, 0.29) is 35.8 Å². The number of ether oxygens (including phenoxy) is 1. The number of carbonyl (C=O) groups is 1. The summed E-state index contributed by atoms with van der Waals surface area (Å²) in [4.78, 5) is 15.8. The molecule has 0 aliphatic carbocycles. The highest BCUT2D eigenvalue weighted by molar-refractivity contribution is 7.89. The van der Waals surface area contributed by atoms with Crippen LogP contribution in [0, 0.1) is 5.82 Å². The number of sulfonamides is 1. The number of carbonyl (C=O) groups excluding carboxylic acids is 1. The second-order valence-corrected chi connectivity index (χ2v) is 10.0. The van der Waals surface area contributed by atoms with Crippen molar-refractivity contribution in [2.24, 2.45) is 0 Å². The zero-order valence-electron chi connectivity index (χ0n) is 18.4. The number of rotatable bonds is 4. The summed E-state index contributed by atoms with van der Waals surface area (Å²) in [7, 11) is 0.776. The maximum Gasteiger partial charge on any atom is 0.320 e. The van der Waals surface area contributed by atoms with Crippen molar-refractivity contribution in [3.05, 3.63) is 35.7 Å². The lowest BCUT2D eigenvalue weighted by atomic mass is 10.0. The lowest BCUT2D eigenvalue weighted by molar-refractivity contribution is 0.123. The molecule has 1 aromatic carbocycles. The van der Waals surface area contributed by atoms with E-state index in [1.807, 2.05) is 9.47 Å². The van der Waals surface area contributed by atoms with E-state index in [4.69, 9.17) is 4.74 Å². The molecular weight excluding hydrogens is 439 g/mol. The molecule has 0 bridgehead atoms. The third kappa shape index (κ3) is 3.92. The van der Waals surface area contributed by atoms with Crippen molar-refractivity contribution in [1.29, 1.82) is 0 Å². The summed E-state index contributed by atoms with van der Waals surface area (Å²) in [5, 5.41) is 8.58. The highest BCUT2D eigenvalue weighted by Crippen LogP contribution is 2.33. The van der Waals surface area contributed by atoms with Gasteiger partial charge >= 0.3 is 6.03 Å². The number of halogens is 1. The van der Waals surface area contributed by atoms with Crippen molar-refractivity contribution in [2.45, 2.75) is 43.3 Å². The molecule has 4 rings (SSSR count). The van der Waals surface area contributed by atoms with Crippen LogP contribution in [0.1, 0.15) is 37.0 Å². The van der Waals surface area contributed by atoms with Crippen LogP contribution in [0.4, 0.5) is 9.18 Å². The molecule has 2 aliphatic rings. The lowest BCUT2D eigenvalue weighted by Crippen LogP contribution is -2.45. The standard InChI is InChI=1S/C20H27FN6O4S/c1-24(2)20(28)26-9-5-4-6-15(26)19-23-22-18-13-25(10-11-27(18)19)32(29,30)17-12-14(21)7-8-16(17)31-3/h7-8,12,15H,4-6,9-11,13H2,1-3H3. The van der Waals surface area contributed by atoms with E-state index in [9.17, 15) is 17.6 Å². The summed E-state index contributed by atoms with van der Waals surface area (Å²) >= 11 is 0. The number of benzene rings is 1. The van der Waals surface area contributed by atoms with Crippen LogP contribution in [0.3, 0.4) is 0 Å². The Morgan fingerprint density at radius 2 is 1.97 bits per heavy atom. The predicted molar refractivity (Wildman–Crippen MR) is 113 cm³/mol. The fraction of sp³-hybridized carbons (Fsp3) is 0.550. The van der Waals surface area contributed by atoms with Crippen molar-refractivity contribution in [3.63, 3.8) is 0 Å². The Hall–Kier alpha value is -2.73. The molecule has 3 heterocycles. The summed E-state index contributed by atoms with van der Waals surface area (Å²) in [6.45, 7) is 1.16. The van der Waals surface area contributed by atoms with Crippen LogP contribution in [0.5, 0.6) is 5.75 Å². The van der Waals surface area contributed by atoms with Crippen LogP contribution in [-0.4, -0.2) is 77.6 Å². The molecule has 12 heteroatoms. The highest BCUT2D eigenvalue weighted by atomic mass is 32.2. The topological polar surface area (TPSA) is 101 Å². The van der Waals surface area contributed by atoms with Gasteiger partial charge in [-0.05, 0) is 37.5 Å². The maximum atomic E-state index is 13.8. The molecule has 0 N–H and O–H groups in total. The summed E-state index contributed by atoms with van der Waals surface area (Å²) in [6, 6.07) is 3.14. The summed E-state index contributed by atoms with van der Waals surface area (Å²) in [5.74, 6) is 0.595. The molecule has 0 saturated carbocycles. The van der Waals surface area contributed by atoms with E-state index >= 15 is 0 Å². The first-order valence-electron chi connectivity index (χ1n) is 10.5. The van der Waals surface area contributed by atoms with Gasteiger partial charge in [0.05, 0.1) is 19.7 Å². The van der Waals surface area contributed by atoms with Crippen molar-refractivity contribution in [2.75, 3.05) is 34.3 Å². The highest BCUT2D eigenvalue weighted by Gasteiger charge is 2.37. The molecule has 174 valence electrons. The van der Waals surface area contributed by atoms with Crippen LogP contribution >= 0.6 is 0 Å². The smallest absolute Gasteiger partial charge is 0.320 e. The van der Waals surface area contributed by atoms with Gasteiger partial charge in [0.15, 0.2) is 5.82 Å². The van der Waals surface area contributed by atoms with Crippen molar-refractivity contribution < 1.29 is 22.3 Å². The number of nitrogens with zero attached hydrogens (tertiary/aromatic N) is 6. The van der Waals surface area contributed by atoms with Crippen LogP contribution in [0.25, 0.3) is 0 Å². The molecule has 0 spiro atoms. The number of piperidine rings is 1. The zero-order chi connectivity index (χ0) is 23.0. The molecule has 0 radical (unpaired) electrons. The minimum atomic E-state index is -4.01. The minimum absolute atomic E-state index is 0.00332. The van der Waals surface area contributed by atoms with Gasteiger partial charge in [0.2, 0.25) is 10.0 Å². The number of hydrogen-bond acceptors (Lipinski definition) is 6. The Morgan fingerprint density at radius 1 is 1.19 bits per heavy atom. The monoisotopic (exact) mass is 466 g/mol. The van der Waals surface area contributed by atoms with Gasteiger partial charge in [0.25, 0.3) is 0 Å². The number of methoxy groups -OCH3 is 1. The molecule has 32 heavy (non-hydrogen) atoms. The molecule has 1 unspecified atom stereocenters. The van der Waals surface area contributed by atoms with Gasteiger partial charge in [-0.25, -0.2) is 17.6 Å². The summed E-state index contributed by atoms with van der Waals surface area (Å²) < 4.78 is 48.5. The minimum Gasteiger partial charge on any atom is -0.495 e. The van der Waals surface area contributed by atoms with Gasteiger partial charge < -0.3 is 19.1 Å². The number of likely N-dealkylation sites (tertiary alicyclic amines) is 1. The van der Waals surface area contributed by atoms with Gasteiger partial charge in [0.1, 0.15) is 22.3 Å². The fourth-order valence-corrected chi connectivity index (χ4v) is 5.84. The molecule has 2 amide bonds. The first-order valence-corrected chi connectivity index (χ1v) is 11.9. The molecular formula is C20H27FN6O4S. The van der Waals surface area contributed by atoms with Crippen molar-refractivity contribution in [1.82, 2.24) is 28.9 Å². The van der Waals surface area contributed by atoms with E-state index < -0.39 is 15.8 Å². The molecule has 1 fully saturated rings. The Balaban J connectivity index is 1.62. The first kappa shape index (κ1) is 22.5. The molecule has 1 aromatic heterocycles. The van der Waals surface area contributed by atoms with Crippen LogP contribution in [0.2, 0.25) is 0 Å². The van der Waals surface area contributed by atoms with Gasteiger partial charge in [-0.3, -0.25) is 0 Å². The van der Waals surface area contributed by atoms with Gasteiger partial charge in [-0.1, -0.05) is 0 Å². The first-order chi connectivity index (χ1) is 15.2. The summed E-state index contributed by atoms with van der Waals surface area (Å²) in [5.41, 5.74) is 0. The predicted octanol–water partition coefficient (Wildman–Crippen LogP) is 1.84.